The van der Waals surface area contributed by atoms with E-state index in [0.717, 1.165) is 76.9 Å². The van der Waals surface area contributed by atoms with E-state index < -0.39 is 0 Å². The molecule has 2 aromatic carbocycles. The zero-order valence-electron chi connectivity index (χ0n) is 29.9. The minimum Gasteiger partial charge on any atom is -0.401 e. The molecule has 2 aliphatic carbocycles. The Morgan fingerprint density at radius 3 is 2.29 bits per heavy atom. The lowest BCUT2D eigenvalue weighted by atomic mass is 9.80. The third-order valence-electron chi connectivity index (χ3n) is 10.7. The van der Waals surface area contributed by atoms with Gasteiger partial charge in [0.05, 0.1) is 23.0 Å². The van der Waals surface area contributed by atoms with Gasteiger partial charge in [-0.15, -0.1) is 0 Å². The molecule has 6 nitrogen and oxygen atoms in total. The molecule has 2 saturated carbocycles. The van der Waals surface area contributed by atoms with E-state index >= 15 is 0 Å². The first-order chi connectivity index (χ1) is 23.0. The molecule has 1 heterocycles. The smallest absolute Gasteiger partial charge is 0.256 e. The van der Waals surface area contributed by atoms with Crippen molar-refractivity contribution in [1.29, 1.82) is 0 Å². The molecule has 1 aliphatic heterocycles. The third-order valence-corrected chi connectivity index (χ3v) is 11.5. The number of amides is 1. The summed E-state index contributed by atoms with van der Waals surface area (Å²) >= 11 is 3.63. The summed E-state index contributed by atoms with van der Waals surface area (Å²) in [6.45, 7) is 16.3. The van der Waals surface area contributed by atoms with E-state index in [1.54, 1.807) is 0 Å². The van der Waals surface area contributed by atoms with Crippen LogP contribution in [-0.2, 0) is 4.79 Å². The number of hydrogen-bond acceptors (Lipinski definition) is 5. The Hall–Kier alpha value is -3.32. The van der Waals surface area contributed by atoms with Crippen molar-refractivity contribution in [3.63, 3.8) is 0 Å². The summed E-state index contributed by atoms with van der Waals surface area (Å²) in [5, 5.41) is 0. The molecule has 0 radical (unpaired) electrons. The van der Waals surface area contributed by atoms with Gasteiger partial charge in [-0.25, -0.2) is 0 Å². The van der Waals surface area contributed by atoms with Crippen LogP contribution >= 0.6 is 15.9 Å². The largest absolute Gasteiger partial charge is 0.401 e. The molecule has 48 heavy (non-hydrogen) atoms. The standard InChI is InChI=1S/C34H43BrN4O.C7H12O/c1-5-20-37-31-22(4)27(35)16-15-26(31)33(40)39-21-17-28(30(29(39)6-2)32(36)34(7-3)18-19-34)38-25-13-11-24(12-14-25)23-9-8-10-23;1-4-6(3)7(8)5-2/h11-16,20,23,29H,5-10,17-19,21,36H2,1-4H3;5-6H,2,4H2,1,3H3/b32-30+,37-20?,38-28?;. The Labute approximate surface area is 297 Å². The van der Waals surface area contributed by atoms with E-state index in [9.17, 15) is 9.59 Å². The Bertz CT molecular complexity index is 1560. The van der Waals surface area contributed by atoms with Crippen molar-refractivity contribution in [2.45, 2.75) is 118 Å². The van der Waals surface area contributed by atoms with Gasteiger partial charge in [0.15, 0.2) is 5.78 Å². The number of piperidine rings is 1. The van der Waals surface area contributed by atoms with Crippen LogP contribution in [0.5, 0.6) is 0 Å². The summed E-state index contributed by atoms with van der Waals surface area (Å²) in [5.41, 5.74) is 14.9. The number of aliphatic imine (C=N–C) groups is 2. The Kier molecular flexibility index (Phi) is 13.2. The van der Waals surface area contributed by atoms with Gasteiger partial charge >= 0.3 is 0 Å². The molecule has 0 bridgehead atoms. The van der Waals surface area contributed by atoms with E-state index in [0.29, 0.717) is 24.4 Å². The van der Waals surface area contributed by atoms with Crippen LogP contribution in [0.2, 0.25) is 0 Å². The summed E-state index contributed by atoms with van der Waals surface area (Å²) in [7, 11) is 0. The molecule has 3 aliphatic rings. The van der Waals surface area contributed by atoms with Crippen molar-refractivity contribution in [3.05, 3.63) is 81.5 Å². The molecule has 258 valence electrons. The second-order valence-electron chi connectivity index (χ2n) is 13.6. The maximum absolute atomic E-state index is 14.3. The van der Waals surface area contributed by atoms with E-state index in [-0.39, 0.29) is 29.1 Å². The molecule has 1 amide bonds. The van der Waals surface area contributed by atoms with Crippen molar-refractivity contribution in [2.24, 2.45) is 27.1 Å². The normalized spacial score (nSPS) is 21.3. The highest BCUT2D eigenvalue weighted by Gasteiger charge is 2.47. The van der Waals surface area contributed by atoms with Crippen LogP contribution in [0.4, 0.5) is 11.4 Å². The number of nitrogens with zero attached hydrogens (tertiary/aromatic N) is 3. The van der Waals surface area contributed by atoms with Crippen LogP contribution in [0.25, 0.3) is 0 Å². The van der Waals surface area contributed by atoms with Gasteiger partial charge in [0.25, 0.3) is 5.91 Å². The van der Waals surface area contributed by atoms with Crippen LogP contribution in [0, 0.1) is 18.3 Å². The topological polar surface area (TPSA) is 88.1 Å². The Morgan fingerprint density at radius 1 is 1.10 bits per heavy atom. The first kappa shape index (κ1) is 37.5. The minimum atomic E-state index is -0.120. The van der Waals surface area contributed by atoms with E-state index in [1.165, 1.54) is 30.9 Å². The number of benzene rings is 2. The second-order valence-corrected chi connectivity index (χ2v) is 14.5. The second kappa shape index (κ2) is 16.9. The fourth-order valence-corrected chi connectivity index (χ4v) is 7.03. The maximum atomic E-state index is 14.3. The van der Waals surface area contributed by atoms with Crippen molar-refractivity contribution < 1.29 is 9.59 Å². The van der Waals surface area contributed by atoms with Gasteiger partial charge in [0, 0.05) is 52.0 Å². The van der Waals surface area contributed by atoms with Crippen LogP contribution < -0.4 is 5.73 Å². The van der Waals surface area contributed by atoms with Crippen LogP contribution in [0.3, 0.4) is 0 Å². The average Bonchev–Trinajstić information content (AvgIpc) is 3.89. The predicted molar refractivity (Wildman–Crippen MR) is 205 cm³/mol. The zero-order valence-corrected chi connectivity index (χ0v) is 31.5. The molecule has 2 aromatic rings. The number of rotatable bonds is 11. The Balaban J connectivity index is 0.000000579. The number of carbonyl (C=O) groups excluding carboxylic acids is 2. The van der Waals surface area contributed by atoms with Crippen molar-refractivity contribution in [3.8, 4) is 0 Å². The van der Waals surface area contributed by atoms with Gasteiger partial charge in [-0.2, -0.15) is 0 Å². The molecule has 3 fully saturated rings. The fraction of sp³-hybridized carbons (Fsp3) is 0.512. The lowest BCUT2D eigenvalue weighted by molar-refractivity contribution is -0.117. The van der Waals surface area contributed by atoms with E-state index in [4.69, 9.17) is 15.7 Å². The molecule has 2 N–H and O–H groups in total. The number of halogens is 1. The summed E-state index contributed by atoms with van der Waals surface area (Å²) in [6, 6.07) is 12.5. The highest BCUT2D eigenvalue weighted by molar-refractivity contribution is 9.10. The number of likely N-dealkylation sites (tertiary alicyclic amines) is 1. The molecule has 2 atom stereocenters. The van der Waals surface area contributed by atoms with Gasteiger partial charge in [-0.3, -0.25) is 19.6 Å². The fourth-order valence-electron chi connectivity index (χ4n) is 6.71. The predicted octanol–water partition coefficient (Wildman–Crippen LogP) is 10.7. The number of ketones is 1. The first-order valence-electron chi connectivity index (χ1n) is 18.0. The lowest BCUT2D eigenvalue weighted by Crippen LogP contribution is -2.49. The summed E-state index contributed by atoms with van der Waals surface area (Å²) < 4.78 is 0.958. The lowest BCUT2D eigenvalue weighted by Gasteiger charge is -2.40. The van der Waals surface area contributed by atoms with Gasteiger partial charge < -0.3 is 10.6 Å². The summed E-state index contributed by atoms with van der Waals surface area (Å²) in [5.74, 6) is 1.03. The van der Waals surface area contributed by atoms with Crippen LogP contribution in [-0.4, -0.2) is 41.1 Å². The number of nitrogens with two attached hydrogens (primary N) is 1. The van der Waals surface area contributed by atoms with Crippen molar-refractivity contribution in [1.82, 2.24) is 4.90 Å². The number of carbonyl (C=O) groups is 2. The van der Waals surface area contributed by atoms with E-state index in [1.807, 2.05) is 44.0 Å². The molecular weight excluding hydrogens is 660 g/mol. The third kappa shape index (κ3) is 8.27. The molecular formula is C41H55BrN4O2. The van der Waals surface area contributed by atoms with E-state index in [2.05, 4.69) is 67.5 Å². The highest BCUT2D eigenvalue weighted by atomic mass is 79.9. The molecule has 2 unspecified atom stereocenters. The van der Waals surface area contributed by atoms with Crippen LogP contribution in [0.15, 0.2) is 74.8 Å². The van der Waals surface area contributed by atoms with Crippen LogP contribution in [0.1, 0.15) is 126 Å². The quantitative estimate of drug-likeness (QED) is 0.186. The van der Waals surface area contributed by atoms with Gasteiger partial charge in [0.2, 0.25) is 0 Å². The Morgan fingerprint density at radius 2 is 1.79 bits per heavy atom. The molecule has 5 rings (SSSR count). The average molecular weight is 716 g/mol. The maximum Gasteiger partial charge on any atom is 0.256 e. The molecule has 1 saturated heterocycles. The van der Waals surface area contributed by atoms with Gasteiger partial charge in [-0.05, 0) is 106 Å². The van der Waals surface area contributed by atoms with Crippen molar-refractivity contribution in [2.75, 3.05) is 6.54 Å². The van der Waals surface area contributed by atoms with Gasteiger partial charge in [0.1, 0.15) is 0 Å². The number of hydrogen-bond donors (Lipinski definition) is 1. The van der Waals surface area contributed by atoms with Crippen molar-refractivity contribution >= 4 is 50.9 Å². The monoisotopic (exact) mass is 714 g/mol. The minimum absolute atomic E-state index is 0.0150. The summed E-state index contributed by atoms with van der Waals surface area (Å²) in [6.07, 6.45) is 13.6. The highest BCUT2D eigenvalue weighted by Crippen LogP contribution is 2.54. The molecule has 0 aromatic heterocycles. The molecule has 0 spiro atoms. The molecule has 7 heteroatoms. The number of allylic oxidation sites excluding steroid dienone is 2. The zero-order chi connectivity index (χ0) is 35.0. The summed E-state index contributed by atoms with van der Waals surface area (Å²) in [4.78, 5) is 36.8. The SMILES string of the molecule is C=CC(=O)C(C)CC.CCC=Nc1c(C(=O)N2CCC(=Nc3ccc(C4CCC4)cc3)/C(=C(\N)C3(CC)CC3)C2CC)ccc(Br)c1C. The van der Waals surface area contributed by atoms with Gasteiger partial charge in [-0.1, -0.05) is 75.7 Å². The first-order valence-corrected chi connectivity index (χ1v) is 18.8.